The fourth-order valence-electron chi connectivity index (χ4n) is 3.76. The van der Waals surface area contributed by atoms with Gasteiger partial charge in [0, 0.05) is 20.2 Å². The van der Waals surface area contributed by atoms with Crippen LogP contribution >= 0.6 is 0 Å². The van der Waals surface area contributed by atoms with Gasteiger partial charge in [-0.05, 0) is 55.6 Å². The molecule has 1 aliphatic heterocycles. The number of likely N-dealkylation sites (tertiary alicyclic amines) is 1. The van der Waals surface area contributed by atoms with Gasteiger partial charge < -0.3 is 19.5 Å². The Morgan fingerprint density at radius 1 is 1.10 bits per heavy atom. The summed E-state index contributed by atoms with van der Waals surface area (Å²) in [5, 5.41) is 2.97. The van der Waals surface area contributed by atoms with E-state index in [2.05, 4.69) is 10.2 Å². The number of rotatable bonds is 9. The number of amides is 1. The highest BCUT2D eigenvalue weighted by molar-refractivity contribution is 5.78. The molecule has 3 rings (SSSR count). The second-order valence-corrected chi connectivity index (χ2v) is 7.86. The maximum atomic E-state index is 13.9. The lowest BCUT2D eigenvalue weighted by molar-refractivity contribution is -0.122. The van der Waals surface area contributed by atoms with Crippen molar-refractivity contribution >= 4 is 5.91 Å². The molecule has 0 aliphatic carbocycles. The van der Waals surface area contributed by atoms with Crippen molar-refractivity contribution in [2.45, 2.75) is 31.4 Å². The lowest BCUT2D eigenvalue weighted by Crippen LogP contribution is -2.41. The number of ether oxygens (including phenoxy) is 3. The Morgan fingerprint density at radius 2 is 1.87 bits per heavy atom. The third-order valence-corrected chi connectivity index (χ3v) is 5.77. The number of benzene rings is 2. The van der Waals surface area contributed by atoms with Gasteiger partial charge in [-0.25, -0.2) is 4.39 Å². The van der Waals surface area contributed by atoms with E-state index in [1.54, 1.807) is 32.4 Å². The van der Waals surface area contributed by atoms with E-state index >= 15 is 0 Å². The van der Waals surface area contributed by atoms with Crippen molar-refractivity contribution in [2.75, 3.05) is 40.5 Å². The molecule has 1 fully saturated rings. The van der Waals surface area contributed by atoms with Gasteiger partial charge in [-0.3, -0.25) is 9.69 Å². The van der Waals surface area contributed by atoms with E-state index in [-0.39, 0.29) is 24.1 Å². The number of para-hydroxylation sites is 1. The summed E-state index contributed by atoms with van der Waals surface area (Å²) in [4.78, 5) is 14.6. The molecule has 6 nitrogen and oxygen atoms in total. The van der Waals surface area contributed by atoms with Crippen LogP contribution in [0.3, 0.4) is 0 Å². The number of nitrogens with zero attached hydrogens (tertiary/aromatic N) is 1. The van der Waals surface area contributed by atoms with Gasteiger partial charge >= 0.3 is 0 Å². The van der Waals surface area contributed by atoms with Crippen LogP contribution in [-0.2, 0) is 16.1 Å². The van der Waals surface area contributed by atoms with Crippen LogP contribution in [0.2, 0.25) is 0 Å². The molecular formula is C24H31FN2O4. The molecule has 1 heterocycles. The molecule has 168 valence electrons. The first kappa shape index (κ1) is 23.0. The highest BCUT2D eigenvalue weighted by Gasteiger charge is 2.34. The first-order valence-corrected chi connectivity index (χ1v) is 10.6. The van der Waals surface area contributed by atoms with E-state index in [0.29, 0.717) is 26.1 Å². The third kappa shape index (κ3) is 6.67. The summed E-state index contributed by atoms with van der Waals surface area (Å²) in [5.41, 5.74) is 0.532. The zero-order valence-electron chi connectivity index (χ0n) is 18.2. The summed E-state index contributed by atoms with van der Waals surface area (Å²) >= 11 is 0. The fraction of sp³-hybridized carbons (Fsp3) is 0.458. The largest absolute Gasteiger partial charge is 0.497 e. The van der Waals surface area contributed by atoms with Gasteiger partial charge in [-0.15, -0.1) is 0 Å². The molecule has 0 spiro atoms. The molecule has 0 bridgehead atoms. The van der Waals surface area contributed by atoms with Gasteiger partial charge in [-0.2, -0.15) is 0 Å². The Hall–Kier alpha value is -2.64. The quantitative estimate of drug-likeness (QED) is 0.661. The van der Waals surface area contributed by atoms with Crippen LogP contribution in [0.5, 0.6) is 11.5 Å². The van der Waals surface area contributed by atoms with Crippen molar-refractivity contribution in [1.29, 1.82) is 0 Å². The molecule has 7 heteroatoms. The molecule has 0 radical (unpaired) electrons. The molecule has 1 aliphatic rings. The number of carbonyl (C=O) groups is 1. The topological polar surface area (TPSA) is 60.0 Å². The van der Waals surface area contributed by atoms with Crippen molar-refractivity contribution < 1.29 is 23.4 Å². The van der Waals surface area contributed by atoms with Crippen molar-refractivity contribution in [3.8, 4) is 11.5 Å². The minimum absolute atomic E-state index is 0.0108. The van der Waals surface area contributed by atoms with Crippen LogP contribution in [0.4, 0.5) is 4.39 Å². The predicted octanol–water partition coefficient (Wildman–Crippen LogP) is 3.40. The van der Waals surface area contributed by atoms with Gasteiger partial charge in [0.25, 0.3) is 0 Å². The molecule has 2 aromatic rings. The summed E-state index contributed by atoms with van der Waals surface area (Å²) in [6.45, 7) is 2.62. The summed E-state index contributed by atoms with van der Waals surface area (Å²) < 4.78 is 30.6. The van der Waals surface area contributed by atoms with Crippen LogP contribution in [0.1, 0.15) is 24.8 Å². The minimum Gasteiger partial charge on any atom is -0.497 e. The van der Waals surface area contributed by atoms with Crippen LogP contribution in [0.25, 0.3) is 0 Å². The van der Waals surface area contributed by atoms with Crippen molar-refractivity contribution in [2.24, 2.45) is 0 Å². The second kappa shape index (κ2) is 11.1. The third-order valence-electron chi connectivity index (χ3n) is 5.77. The monoisotopic (exact) mass is 430 g/mol. The summed E-state index contributed by atoms with van der Waals surface area (Å²) in [6, 6.07) is 14.0. The second-order valence-electron chi connectivity index (χ2n) is 7.86. The standard InChI is InChI=1S/C24H31FN2O4/c1-29-20-10-8-19(9-11-20)16-26-23(28)17-27-14-5-12-24(30-2,13-15-27)18-31-22-7-4-3-6-21(22)25/h3-4,6-11H,5,12-18H2,1-2H3,(H,26,28). The number of hydrogen-bond acceptors (Lipinski definition) is 5. The number of hydrogen-bond donors (Lipinski definition) is 1. The molecule has 1 N–H and O–H groups in total. The number of halogens is 1. The molecule has 1 unspecified atom stereocenters. The summed E-state index contributed by atoms with van der Waals surface area (Å²) in [6.07, 6.45) is 2.38. The van der Waals surface area contributed by atoms with E-state index < -0.39 is 5.60 Å². The highest BCUT2D eigenvalue weighted by Crippen LogP contribution is 2.28. The molecule has 31 heavy (non-hydrogen) atoms. The molecular weight excluding hydrogens is 399 g/mol. The van der Waals surface area contributed by atoms with E-state index in [1.165, 1.54) is 6.07 Å². The summed E-state index contributed by atoms with van der Waals surface area (Å²) in [5.74, 6) is 0.638. The molecule has 1 atom stereocenters. The first-order chi connectivity index (χ1) is 15.0. The Kier molecular flexibility index (Phi) is 8.26. The maximum absolute atomic E-state index is 13.9. The Morgan fingerprint density at radius 3 is 2.58 bits per heavy atom. The SMILES string of the molecule is COc1ccc(CNC(=O)CN2CCCC(COc3ccccc3F)(OC)CC2)cc1. The van der Waals surface area contributed by atoms with Crippen LogP contribution < -0.4 is 14.8 Å². The fourth-order valence-corrected chi connectivity index (χ4v) is 3.76. The molecule has 1 saturated heterocycles. The van der Waals surface area contributed by atoms with Gasteiger partial charge in [0.15, 0.2) is 11.6 Å². The zero-order chi connectivity index (χ0) is 22.1. The van der Waals surface area contributed by atoms with Crippen LogP contribution in [0.15, 0.2) is 48.5 Å². The molecule has 0 saturated carbocycles. The smallest absolute Gasteiger partial charge is 0.234 e. The Bertz CT molecular complexity index is 846. The molecule has 2 aromatic carbocycles. The highest BCUT2D eigenvalue weighted by atomic mass is 19.1. The number of carbonyl (C=O) groups excluding carboxylic acids is 1. The normalized spacial score (nSPS) is 19.5. The average molecular weight is 431 g/mol. The Labute approximate surface area is 183 Å². The average Bonchev–Trinajstić information content (AvgIpc) is 3.00. The van der Waals surface area contributed by atoms with E-state index in [4.69, 9.17) is 14.2 Å². The van der Waals surface area contributed by atoms with Crippen molar-refractivity contribution in [3.63, 3.8) is 0 Å². The molecule has 1 amide bonds. The number of nitrogens with one attached hydrogen (secondary N) is 1. The predicted molar refractivity (Wildman–Crippen MR) is 117 cm³/mol. The van der Waals surface area contributed by atoms with Gasteiger partial charge in [0.05, 0.1) is 13.7 Å². The number of methoxy groups -OCH3 is 2. The van der Waals surface area contributed by atoms with Crippen molar-refractivity contribution in [3.05, 3.63) is 59.9 Å². The van der Waals surface area contributed by atoms with E-state index in [0.717, 1.165) is 30.7 Å². The first-order valence-electron chi connectivity index (χ1n) is 10.6. The zero-order valence-corrected chi connectivity index (χ0v) is 18.2. The van der Waals surface area contributed by atoms with E-state index in [9.17, 15) is 9.18 Å². The summed E-state index contributed by atoms with van der Waals surface area (Å²) in [7, 11) is 3.30. The maximum Gasteiger partial charge on any atom is 0.234 e. The molecule has 0 aromatic heterocycles. The Balaban J connectivity index is 1.47. The van der Waals surface area contributed by atoms with Gasteiger partial charge in [0.1, 0.15) is 18.0 Å². The van der Waals surface area contributed by atoms with Crippen LogP contribution in [-0.4, -0.2) is 56.9 Å². The lowest BCUT2D eigenvalue weighted by Gasteiger charge is -2.31. The minimum atomic E-state index is -0.489. The lowest BCUT2D eigenvalue weighted by atomic mass is 9.95. The van der Waals surface area contributed by atoms with Gasteiger partial charge in [-0.1, -0.05) is 24.3 Å². The van der Waals surface area contributed by atoms with Gasteiger partial charge in [0.2, 0.25) is 5.91 Å². The van der Waals surface area contributed by atoms with E-state index in [1.807, 2.05) is 24.3 Å². The van der Waals surface area contributed by atoms with Crippen LogP contribution in [0, 0.1) is 5.82 Å². The van der Waals surface area contributed by atoms with Crippen molar-refractivity contribution in [1.82, 2.24) is 10.2 Å².